The third kappa shape index (κ3) is 3.45. The van der Waals surface area contributed by atoms with E-state index in [1.807, 2.05) is 6.92 Å². The first-order chi connectivity index (χ1) is 6.96. The molecule has 0 atom stereocenters. The average Bonchev–Trinajstić information content (AvgIpc) is 2.08. The van der Waals surface area contributed by atoms with Crippen LogP contribution in [0.2, 0.25) is 0 Å². The Bertz CT molecular complexity index is 274. The first-order valence-corrected chi connectivity index (χ1v) is 5.76. The molecule has 0 N–H and O–H groups in total. The van der Waals surface area contributed by atoms with Crippen LogP contribution in [0, 0.1) is 5.41 Å². The Kier molecular flexibility index (Phi) is 4.09. The van der Waals surface area contributed by atoms with Gasteiger partial charge in [-0.1, -0.05) is 19.4 Å². The monoisotopic (exact) mass is 210 g/mol. The number of hydrogen-bond acceptors (Lipinski definition) is 2. The normalized spacial score (nSPS) is 20.9. The molecule has 0 aromatic rings. The molecule has 86 valence electrons. The minimum absolute atomic E-state index is 0.149. The Labute approximate surface area is 92.7 Å². The van der Waals surface area contributed by atoms with Crippen LogP contribution in [-0.4, -0.2) is 19.0 Å². The van der Waals surface area contributed by atoms with Crippen molar-refractivity contribution in [3.63, 3.8) is 0 Å². The summed E-state index contributed by atoms with van der Waals surface area (Å²) in [6.45, 7) is 9.79. The number of allylic oxidation sites excluding steroid dienone is 1. The van der Waals surface area contributed by atoms with Crippen LogP contribution in [-0.2, 0) is 9.53 Å². The quantitative estimate of drug-likeness (QED) is 0.666. The van der Waals surface area contributed by atoms with E-state index < -0.39 is 0 Å². The number of carbonyl (C=O) groups is 1. The highest BCUT2D eigenvalue weighted by Crippen LogP contribution is 2.37. The molecule has 0 spiro atoms. The predicted octanol–water partition coefficient (Wildman–Crippen LogP) is 3.12. The Morgan fingerprint density at radius 3 is 2.53 bits per heavy atom. The lowest BCUT2D eigenvalue weighted by Gasteiger charge is -2.31. The van der Waals surface area contributed by atoms with Gasteiger partial charge in [0.25, 0.3) is 0 Å². The molecule has 2 nitrogen and oxygen atoms in total. The molecular weight excluding hydrogens is 188 g/mol. The molecule has 15 heavy (non-hydrogen) atoms. The molecule has 2 heteroatoms. The van der Waals surface area contributed by atoms with E-state index in [4.69, 9.17) is 4.74 Å². The van der Waals surface area contributed by atoms with Gasteiger partial charge < -0.3 is 4.74 Å². The molecule has 0 radical (unpaired) electrons. The fourth-order valence-corrected chi connectivity index (χ4v) is 2.34. The van der Waals surface area contributed by atoms with E-state index in [1.54, 1.807) is 0 Å². The maximum atomic E-state index is 11.9. The number of ketones is 1. The van der Waals surface area contributed by atoms with E-state index in [2.05, 4.69) is 20.8 Å². The summed E-state index contributed by atoms with van der Waals surface area (Å²) in [5.74, 6) is 0.323. The molecule has 0 saturated carbocycles. The third-order valence-electron chi connectivity index (χ3n) is 2.94. The molecule has 1 aliphatic carbocycles. The summed E-state index contributed by atoms with van der Waals surface area (Å²) < 4.78 is 5.30. The van der Waals surface area contributed by atoms with Crippen molar-refractivity contribution in [2.45, 2.75) is 47.0 Å². The van der Waals surface area contributed by atoms with E-state index in [0.29, 0.717) is 18.8 Å². The summed E-state index contributed by atoms with van der Waals surface area (Å²) >= 11 is 0. The van der Waals surface area contributed by atoms with Gasteiger partial charge in [0, 0.05) is 13.0 Å². The van der Waals surface area contributed by atoms with Crippen LogP contribution >= 0.6 is 0 Å². The summed E-state index contributed by atoms with van der Waals surface area (Å²) in [6.07, 6.45) is 2.51. The van der Waals surface area contributed by atoms with Crippen LogP contribution in [0.25, 0.3) is 0 Å². The minimum atomic E-state index is 0.149. The average molecular weight is 210 g/mol. The van der Waals surface area contributed by atoms with E-state index >= 15 is 0 Å². The molecule has 0 fully saturated rings. The second-order valence-corrected chi connectivity index (χ2v) is 5.15. The van der Waals surface area contributed by atoms with Crippen LogP contribution in [0.5, 0.6) is 0 Å². The summed E-state index contributed by atoms with van der Waals surface area (Å²) in [6, 6.07) is 0. The van der Waals surface area contributed by atoms with Crippen molar-refractivity contribution in [3.8, 4) is 0 Å². The van der Waals surface area contributed by atoms with Crippen molar-refractivity contribution in [1.29, 1.82) is 0 Å². The van der Waals surface area contributed by atoms with Crippen molar-refractivity contribution in [3.05, 3.63) is 11.1 Å². The molecular formula is C13H22O2. The molecule has 0 bridgehead atoms. The second kappa shape index (κ2) is 4.93. The Morgan fingerprint density at radius 2 is 2.00 bits per heavy atom. The van der Waals surface area contributed by atoms with Gasteiger partial charge in [0.05, 0.1) is 6.61 Å². The highest BCUT2D eigenvalue weighted by molar-refractivity contribution is 5.97. The fourth-order valence-electron chi connectivity index (χ4n) is 2.34. The zero-order valence-corrected chi connectivity index (χ0v) is 10.4. The van der Waals surface area contributed by atoms with Crippen LogP contribution in [0.1, 0.15) is 47.0 Å². The lowest BCUT2D eigenvalue weighted by molar-refractivity contribution is -0.118. The topological polar surface area (TPSA) is 26.3 Å². The van der Waals surface area contributed by atoms with Crippen LogP contribution < -0.4 is 0 Å². The zero-order chi connectivity index (χ0) is 11.5. The fraction of sp³-hybridized carbons (Fsp3) is 0.769. The predicted molar refractivity (Wildman–Crippen MR) is 61.8 cm³/mol. The molecule has 1 rings (SSSR count). The van der Waals surface area contributed by atoms with Crippen molar-refractivity contribution < 1.29 is 9.53 Å². The van der Waals surface area contributed by atoms with Crippen LogP contribution in [0.15, 0.2) is 11.1 Å². The van der Waals surface area contributed by atoms with Gasteiger partial charge in [0.2, 0.25) is 0 Å². The largest absolute Gasteiger partial charge is 0.381 e. The third-order valence-corrected chi connectivity index (χ3v) is 2.94. The van der Waals surface area contributed by atoms with Crippen LogP contribution in [0.4, 0.5) is 0 Å². The van der Waals surface area contributed by atoms with Crippen molar-refractivity contribution in [2.24, 2.45) is 5.41 Å². The van der Waals surface area contributed by atoms with Crippen molar-refractivity contribution in [1.82, 2.24) is 0 Å². The Balaban J connectivity index is 2.65. The molecule has 0 amide bonds. The molecule has 0 saturated heterocycles. The maximum Gasteiger partial charge on any atom is 0.159 e. The van der Waals surface area contributed by atoms with Gasteiger partial charge in [-0.3, -0.25) is 4.79 Å². The maximum absolute atomic E-state index is 11.9. The SMILES string of the molecule is CCOCCC1=C(C)CC(C)(C)CC1=O. The van der Waals surface area contributed by atoms with Crippen molar-refractivity contribution >= 4 is 5.78 Å². The minimum Gasteiger partial charge on any atom is -0.381 e. The van der Waals surface area contributed by atoms with Gasteiger partial charge in [-0.15, -0.1) is 0 Å². The molecule has 0 aromatic carbocycles. The zero-order valence-electron chi connectivity index (χ0n) is 10.4. The van der Waals surface area contributed by atoms with Gasteiger partial charge in [0.15, 0.2) is 5.78 Å². The Morgan fingerprint density at radius 1 is 1.33 bits per heavy atom. The van der Waals surface area contributed by atoms with Gasteiger partial charge in [0.1, 0.15) is 0 Å². The molecule has 0 aromatic heterocycles. The van der Waals surface area contributed by atoms with E-state index in [9.17, 15) is 4.79 Å². The number of ether oxygens (including phenoxy) is 1. The lowest BCUT2D eigenvalue weighted by Crippen LogP contribution is -2.25. The van der Waals surface area contributed by atoms with E-state index in [-0.39, 0.29) is 5.41 Å². The summed E-state index contributed by atoms with van der Waals surface area (Å²) in [4.78, 5) is 11.9. The van der Waals surface area contributed by atoms with Crippen LogP contribution in [0.3, 0.4) is 0 Å². The number of hydrogen-bond donors (Lipinski definition) is 0. The number of rotatable bonds is 4. The van der Waals surface area contributed by atoms with Gasteiger partial charge in [-0.05, 0) is 37.7 Å². The first kappa shape index (κ1) is 12.4. The van der Waals surface area contributed by atoms with E-state index in [0.717, 1.165) is 25.0 Å². The second-order valence-electron chi connectivity index (χ2n) is 5.15. The summed E-state index contributed by atoms with van der Waals surface area (Å²) in [5, 5.41) is 0. The summed E-state index contributed by atoms with van der Waals surface area (Å²) in [5.41, 5.74) is 2.43. The molecule has 0 unspecified atom stereocenters. The lowest BCUT2D eigenvalue weighted by atomic mass is 9.73. The van der Waals surface area contributed by atoms with E-state index in [1.165, 1.54) is 5.57 Å². The Hall–Kier alpha value is -0.630. The summed E-state index contributed by atoms with van der Waals surface area (Å²) in [7, 11) is 0. The smallest absolute Gasteiger partial charge is 0.159 e. The highest BCUT2D eigenvalue weighted by atomic mass is 16.5. The van der Waals surface area contributed by atoms with Crippen molar-refractivity contribution in [2.75, 3.05) is 13.2 Å². The first-order valence-electron chi connectivity index (χ1n) is 5.76. The molecule has 1 aliphatic rings. The molecule has 0 heterocycles. The highest BCUT2D eigenvalue weighted by Gasteiger charge is 2.30. The van der Waals surface area contributed by atoms with Gasteiger partial charge in [-0.25, -0.2) is 0 Å². The van der Waals surface area contributed by atoms with Gasteiger partial charge in [-0.2, -0.15) is 0 Å². The number of Topliss-reactive ketones (excluding diaryl/α,β-unsaturated/α-hetero) is 1. The van der Waals surface area contributed by atoms with Gasteiger partial charge >= 0.3 is 0 Å². The molecule has 0 aliphatic heterocycles. The number of carbonyl (C=O) groups excluding carboxylic acids is 1. The standard InChI is InChI=1S/C13H22O2/c1-5-15-7-6-11-10(2)8-13(3,4)9-12(11)14/h5-9H2,1-4H3.